The zero-order valence-corrected chi connectivity index (χ0v) is 13.1. The van der Waals surface area contributed by atoms with E-state index < -0.39 is 23.2 Å². The van der Waals surface area contributed by atoms with Crippen LogP contribution in [0.2, 0.25) is 0 Å². The van der Waals surface area contributed by atoms with Crippen molar-refractivity contribution in [2.45, 2.75) is 58.5 Å². The van der Waals surface area contributed by atoms with Crippen LogP contribution in [0.5, 0.6) is 0 Å². The summed E-state index contributed by atoms with van der Waals surface area (Å²) in [6, 6.07) is 0. The summed E-state index contributed by atoms with van der Waals surface area (Å²) in [5, 5.41) is 11.9. The van der Waals surface area contributed by atoms with Gasteiger partial charge in [-0.25, -0.2) is 0 Å². The third kappa shape index (κ3) is 3.96. The molecule has 2 N–H and O–H groups in total. The van der Waals surface area contributed by atoms with Gasteiger partial charge in [0, 0.05) is 13.2 Å². The molecule has 2 aliphatic rings. The molecule has 0 spiro atoms. The number of nitrogens with one attached hydrogen (secondary N) is 1. The lowest BCUT2D eigenvalue weighted by atomic mass is 9.98. The minimum Gasteiger partial charge on any atom is -0.481 e. The first kappa shape index (κ1) is 16.3. The Morgan fingerprint density at radius 3 is 2.43 bits per heavy atom. The van der Waals surface area contributed by atoms with Crippen molar-refractivity contribution in [2.24, 2.45) is 17.3 Å². The lowest BCUT2D eigenvalue weighted by molar-refractivity contribution is -0.140. The van der Waals surface area contributed by atoms with Gasteiger partial charge in [0.2, 0.25) is 5.91 Å². The molecule has 2 atom stereocenters. The fraction of sp³-hybridized carbons (Fsp3) is 0.875. The highest BCUT2D eigenvalue weighted by Crippen LogP contribution is 2.58. The Morgan fingerprint density at radius 2 is 1.86 bits per heavy atom. The van der Waals surface area contributed by atoms with E-state index in [1.807, 2.05) is 13.8 Å². The zero-order chi connectivity index (χ0) is 15.5. The molecule has 0 aliphatic heterocycles. The van der Waals surface area contributed by atoms with Crippen LogP contribution in [-0.2, 0) is 14.3 Å². The van der Waals surface area contributed by atoms with Crippen LogP contribution in [0.25, 0.3) is 0 Å². The molecule has 5 heteroatoms. The van der Waals surface area contributed by atoms with Crippen LogP contribution in [0.15, 0.2) is 0 Å². The number of ether oxygens (including phenoxy) is 1. The van der Waals surface area contributed by atoms with Gasteiger partial charge >= 0.3 is 5.97 Å². The summed E-state index contributed by atoms with van der Waals surface area (Å²) in [5.41, 5.74) is -0.422. The Balaban J connectivity index is 1.59. The summed E-state index contributed by atoms with van der Waals surface area (Å²) in [6.07, 6.45) is 7.33. The maximum atomic E-state index is 12.0. The fourth-order valence-electron chi connectivity index (χ4n) is 3.46. The highest BCUT2D eigenvalue weighted by molar-refractivity contribution is 5.91. The quantitative estimate of drug-likeness (QED) is 0.706. The summed E-state index contributed by atoms with van der Waals surface area (Å²) >= 11 is 0. The molecule has 5 nitrogen and oxygen atoms in total. The van der Waals surface area contributed by atoms with E-state index in [1.54, 1.807) is 0 Å². The standard InChI is InChI=1S/C16H27NO4/c1-16(2)12(13(16)15(19)20)14(18)17-9-6-10-21-11-7-4-3-5-8-11/h11-13H,3-10H2,1-2H3,(H,17,18)(H,19,20)/t12-,13+/m1/s1. The van der Waals surface area contributed by atoms with Crippen LogP contribution < -0.4 is 5.32 Å². The van der Waals surface area contributed by atoms with Crippen LogP contribution in [0, 0.1) is 17.3 Å². The maximum Gasteiger partial charge on any atom is 0.307 e. The predicted molar refractivity (Wildman–Crippen MR) is 78.8 cm³/mol. The molecule has 0 aromatic carbocycles. The highest BCUT2D eigenvalue weighted by Gasteiger charge is 2.65. The van der Waals surface area contributed by atoms with E-state index in [9.17, 15) is 9.59 Å². The number of rotatable bonds is 7. The molecule has 1 amide bonds. The Hall–Kier alpha value is -1.10. The van der Waals surface area contributed by atoms with E-state index in [0.717, 1.165) is 19.3 Å². The second-order valence-corrected chi connectivity index (χ2v) is 6.89. The number of carboxylic acid groups (broad SMARTS) is 1. The van der Waals surface area contributed by atoms with E-state index in [4.69, 9.17) is 9.84 Å². The number of carboxylic acids is 1. The number of carbonyl (C=O) groups excluding carboxylic acids is 1. The van der Waals surface area contributed by atoms with Crippen molar-refractivity contribution in [2.75, 3.05) is 13.2 Å². The van der Waals surface area contributed by atoms with Crippen molar-refractivity contribution in [1.82, 2.24) is 5.32 Å². The number of hydrogen-bond acceptors (Lipinski definition) is 3. The van der Waals surface area contributed by atoms with E-state index in [-0.39, 0.29) is 5.91 Å². The van der Waals surface area contributed by atoms with Gasteiger partial charge in [-0.3, -0.25) is 9.59 Å². The summed E-state index contributed by atoms with van der Waals surface area (Å²) in [6.45, 7) is 4.90. The maximum absolute atomic E-state index is 12.0. The minimum absolute atomic E-state index is 0.134. The van der Waals surface area contributed by atoms with Crippen molar-refractivity contribution in [3.05, 3.63) is 0 Å². The number of amides is 1. The van der Waals surface area contributed by atoms with E-state index in [0.29, 0.717) is 19.3 Å². The van der Waals surface area contributed by atoms with Gasteiger partial charge in [-0.2, -0.15) is 0 Å². The predicted octanol–water partition coefficient (Wildman–Crippen LogP) is 2.20. The molecule has 21 heavy (non-hydrogen) atoms. The number of aliphatic carboxylic acids is 1. The summed E-state index contributed by atoms with van der Waals surface area (Å²) < 4.78 is 5.80. The molecule has 0 unspecified atom stereocenters. The molecular weight excluding hydrogens is 270 g/mol. The van der Waals surface area contributed by atoms with Crippen LogP contribution in [0.3, 0.4) is 0 Å². The van der Waals surface area contributed by atoms with Crippen LogP contribution >= 0.6 is 0 Å². The van der Waals surface area contributed by atoms with Crippen molar-refractivity contribution < 1.29 is 19.4 Å². The molecule has 2 fully saturated rings. The first-order chi connectivity index (χ1) is 9.94. The monoisotopic (exact) mass is 297 g/mol. The third-order valence-electron chi connectivity index (χ3n) is 4.90. The molecule has 0 aromatic heterocycles. The summed E-state index contributed by atoms with van der Waals surface area (Å²) in [5.74, 6) is -1.95. The molecule has 2 saturated carbocycles. The normalized spacial score (nSPS) is 28.1. The molecule has 120 valence electrons. The Bertz CT molecular complexity index is 388. The third-order valence-corrected chi connectivity index (χ3v) is 4.90. The minimum atomic E-state index is -0.874. The van der Waals surface area contributed by atoms with Gasteiger partial charge in [-0.1, -0.05) is 33.1 Å². The van der Waals surface area contributed by atoms with E-state index in [1.165, 1.54) is 19.3 Å². The van der Waals surface area contributed by atoms with Gasteiger partial charge in [-0.05, 0) is 24.7 Å². The SMILES string of the molecule is CC1(C)[C@H](C(=O)O)[C@@H]1C(=O)NCCCOC1CCCCC1. The molecule has 0 bridgehead atoms. The topological polar surface area (TPSA) is 75.6 Å². The van der Waals surface area contributed by atoms with Crippen LogP contribution in [0.1, 0.15) is 52.4 Å². The summed E-state index contributed by atoms with van der Waals surface area (Å²) in [7, 11) is 0. The van der Waals surface area contributed by atoms with Gasteiger partial charge in [0.25, 0.3) is 0 Å². The molecule has 2 rings (SSSR count). The van der Waals surface area contributed by atoms with Crippen LogP contribution in [-0.4, -0.2) is 36.2 Å². The van der Waals surface area contributed by atoms with Gasteiger partial charge in [0.15, 0.2) is 0 Å². The molecule has 0 saturated heterocycles. The Morgan fingerprint density at radius 1 is 1.19 bits per heavy atom. The number of hydrogen-bond donors (Lipinski definition) is 2. The van der Waals surface area contributed by atoms with Crippen molar-refractivity contribution in [3.8, 4) is 0 Å². The van der Waals surface area contributed by atoms with Crippen LogP contribution in [0.4, 0.5) is 0 Å². The summed E-state index contributed by atoms with van der Waals surface area (Å²) in [4.78, 5) is 23.0. The lowest BCUT2D eigenvalue weighted by Crippen LogP contribution is -2.29. The molecule has 0 radical (unpaired) electrons. The fourth-order valence-corrected chi connectivity index (χ4v) is 3.46. The molecule has 2 aliphatic carbocycles. The Labute approximate surface area is 126 Å². The second-order valence-electron chi connectivity index (χ2n) is 6.89. The first-order valence-electron chi connectivity index (χ1n) is 8.06. The Kier molecular flexibility index (Phi) is 5.25. The van der Waals surface area contributed by atoms with Gasteiger partial charge in [0.05, 0.1) is 17.9 Å². The molecule has 0 aromatic rings. The average Bonchev–Trinajstić information content (AvgIpc) is 3.02. The highest BCUT2D eigenvalue weighted by atomic mass is 16.5. The number of carbonyl (C=O) groups is 2. The van der Waals surface area contributed by atoms with Crippen molar-refractivity contribution in [1.29, 1.82) is 0 Å². The average molecular weight is 297 g/mol. The molecular formula is C16H27NO4. The smallest absolute Gasteiger partial charge is 0.307 e. The van der Waals surface area contributed by atoms with Crippen molar-refractivity contribution in [3.63, 3.8) is 0 Å². The van der Waals surface area contributed by atoms with Gasteiger partial charge in [0.1, 0.15) is 0 Å². The largest absolute Gasteiger partial charge is 0.481 e. The van der Waals surface area contributed by atoms with Gasteiger partial charge in [-0.15, -0.1) is 0 Å². The zero-order valence-electron chi connectivity index (χ0n) is 13.1. The van der Waals surface area contributed by atoms with E-state index in [2.05, 4.69) is 5.32 Å². The first-order valence-corrected chi connectivity index (χ1v) is 8.06. The molecule has 0 heterocycles. The van der Waals surface area contributed by atoms with Crippen molar-refractivity contribution >= 4 is 11.9 Å². The van der Waals surface area contributed by atoms with E-state index >= 15 is 0 Å². The lowest BCUT2D eigenvalue weighted by Gasteiger charge is -2.21. The second kappa shape index (κ2) is 6.77. The van der Waals surface area contributed by atoms with Gasteiger partial charge < -0.3 is 15.2 Å².